The molecule has 0 saturated carbocycles. The molecule has 0 spiro atoms. The lowest BCUT2D eigenvalue weighted by molar-refractivity contribution is -0.112. The topological polar surface area (TPSA) is 44.7 Å². The summed E-state index contributed by atoms with van der Waals surface area (Å²) in [5.74, 6) is 0.407. The van der Waals surface area contributed by atoms with Crippen LogP contribution in [0.1, 0.15) is 18.4 Å². The number of nitrogens with one attached hydrogen (secondary N) is 1. The van der Waals surface area contributed by atoms with Crippen LogP contribution >= 0.6 is 0 Å². The van der Waals surface area contributed by atoms with Crippen molar-refractivity contribution in [2.24, 2.45) is 4.99 Å². The average Bonchev–Trinajstić information content (AvgIpc) is 2.90. The Morgan fingerprint density at radius 1 is 1.00 bits per heavy atom. The molecule has 0 fully saturated rings. The number of nitrogens with zero attached hydrogens (tertiary/aromatic N) is 2. The van der Waals surface area contributed by atoms with Gasteiger partial charge in [0.2, 0.25) is 0 Å². The second kappa shape index (κ2) is 7.58. The first-order valence-electron chi connectivity index (χ1n) is 8.04. The molecule has 0 atom stereocenters. The third kappa shape index (κ3) is 3.97. The molecule has 1 amide bonds. The predicted octanol–water partition coefficient (Wildman–Crippen LogP) is 3.00. The molecule has 1 N–H and O–H groups in total. The van der Waals surface area contributed by atoms with E-state index in [9.17, 15) is 4.79 Å². The maximum absolute atomic E-state index is 13.0. The van der Waals surface area contributed by atoms with Gasteiger partial charge in [0.05, 0.1) is 6.54 Å². The van der Waals surface area contributed by atoms with Crippen LogP contribution in [0.3, 0.4) is 0 Å². The zero-order valence-electron chi connectivity index (χ0n) is 13.1. The Labute approximate surface area is 136 Å². The predicted molar refractivity (Wildman–Crippen MR) is 93.6 cm³/mol. The molecule has 4 heteroatoms. The molecule has 1 aliphatic heterocycles. The Morgan fingerprint density at radius 3 is 2.43 bits per heavy atom. The summed E-state index contributed by atoms with van der Waals surface area (Å²) < 4.78 is 0. The quantitative estimate of drug-likeness (QED) is 0.943. The van der Waals surface area contributed by atoms with Crippen molar-refractivity contribution in [3.05, 3.63) is 66.2 Å². The summed E-state index contributed by atoms with van der Waals surface area (Å²) in [6.07, 6.45) is 2.07. The van der Waals surface area contributed by atoms with Crippen LogP contribution in [0.2, 0.25) is 0 Å². The van der Waals surface area contributed by atoms with Gasteiger partial charge in [-0.25, -0.2) is 0 Å². The van der Waals surface area contributed by atoms with E-state index in [-0.39, 0.29) is 5.91 Å². The van der Waals surface area contributed by atoms with Crippen LogP contribution in [0.5, 0.6) is 0 Å². The summed E-state index contributed by atoms with van der Waals surface area (Å²) >= 11 is 0. The van der Waals surface area contributed by atoms with Crippen LogP contribution in [0.15, 0.2) is 65.7 Å². The van der Waals surface area contributed by atoms with E-state index >= 15 is 0 Å². The van der Waals surface area contributed by atoms with Gasteiger partial charge in [-0.1, -0.05) is 48.5 Å². The molecule has 4 nitrogen and oxygen atoms in total. The van der Waals surface area contributed by atoms with Gasteiger partial charge in [0, 0.05) is 18.8 Å². The van der Waals surface area contributed by atoms with E-state index in [1.165, 1.54) is 0 Å². The molecule has 0 saturated heterocycles. The second-order valence-electron chi connectivity index (χ2n) is 5.58. The fourth-order valence-corrected chi connectivity index (χ4v) is 2.62. The van der Waals surface area contributed by atoms with Gasteiger partial charge >= 0.3 is 0 Å². The summed E-state index contributed by atoms with van der Waals surface area (Å²) in [4.78, 5) is 19.2. The molecule has 0 radical (unpaired) electrons. The number of aliphatic imine (C=N–C) groups is 1. The first-order chi connectivity index (χ1) is 11.3. The Balaban J connectivity index is 1.88. The molecule has 3 rings (SSSR count). The van der Waals surface area contributed by atoms with Crippen molar-refractivity contribution in [1.29, 1.82) is 0 Å². The second-order valence-corrected chi connectivity index (χ2v) is 5.58. The normalized spacial score (nSPS) is 14.3. The van der Waals surface area contributed by atoms with Gasteiger partial charge < -0.3 is 10.2 Å². The lowest BCUT2D eigenvalue weighted by atomic mass is 10.2. The van der Waals surface area contributed by atoms with E-state index in [0.29, 0.717) is 18.9 Å². The van der Waals surface area contributed by atoms with Crippen LogP contribution in [-0.2, 0) is 11.3 Å². The van der Waals surface area contributed by atoms with Gasteiger partial charge in [0.1, 0.15) is 0 Å². The van der Waals surface area contributed by atoms with Gasteiger partial charge in [-0.3, -0.25) is 9.79 Å². The van der Waals surface area contributed by atoms with Crippen LogP contribution in [-0.4, -0.2) is 24.8 Å². The van der Waals surface area contributed by atoms with Gasteiger partial charge in [-0.05, 0) is 30.5 Å². The Morgan fingerprint density at radius 2 is 1.70 bits per heavy atom. The van der Waals surface area contributed by atoms with E-state index in [1.807, 2.05) is 60.7 Å². The van der Waals surface area contributed by atoms with E-state index in [1.54, 1.807) is 4.90 Å². The Bertz CT molecular complexity index is 668. The summed E-state index contributed by atoms with van der Waals surface area (Å²) in [5.41, 5.74) is 1.98. The minimum Gasteiger partial charge on any atom is -0.366 e. The third-order valence-corrected chi connectivity index (χ3v) is 3.85. The lowest BCUT2D eigenvalue weighted by Gasteiger charge is -2.24. The van der Waals surface area contributed by atoms with E-state index in [2.05, 4.69) is 10.3 Å². The summed E-state index contributed by atoms with van der Waals surface area (Å²) in [7, 11) is 0. The summed E-state index contributed by atoms with van der Waals surface area (Å²) in [5, 5.41) is 3.18. The van der Waals surface area contributed by atoms with Gasteiger partial charge in [0.25, 0.3) is 5.91 Å². The van der Waals surface area contributed by atoms with Crippen molar-refractivity contribution < 1.29 is 4.79 Å². The van der Waals surface area contributed by atoms with Crippen molar-refractivity contribution in [3.63, 3.8) is 0 Å². The highest BCUT2D eigenvalue weighted by Gasteiger charge is 2.22. The number of benzene rings is 2. The number of amidine groups is 1. The highest BCUT2D eigenvalue weighted by molar-refractivity contribution is 6.42. The molecular formula is C19H21N3O. The standard InChI is InChI=1S/C19H21N3O/c23-19(18-20-13-7-8-14-21-18)22(17-11-5-2-6-12-17)15-16-9-3-1-4-10-16/h1-6,9-12H,7-8,13-15H2,(H,20,21). The minimum absolute atomic E-state index is 0.0676. The van der Waals surface area contributed by atoms with Crippen LogP contribution in [0, 0.1) is 0 Å². The zero-order valence-corrected chi connectivity index (χ0v) is 13.1. The lowest BCUT2D eigenvalue weighted by Crippen LogP contribution is -2.43. The smallest absolute Gasteiger partial charge is 0.293 e. The number of hydrogen-bond donors (Lipinski definition) is 1. The largest absolute Gasteiger partial charge is 0.366 e. The molecule has 1 aliphatic rings. The minimum atomic E-state index is -0.0676. The van der Waals surface area contributed by atoms with Gasteiger partial charge in [0.15, 0.2) is 5.84 Å². The number of hydrogen-bond acceptors (Lipinski definition) is 3. The highest BCUT2D eigenvalue weighted by atomic mass is 16.2. The van der Waals surface area contributed by atoms with Crippen LogP contribution in [0.25, 0.3) is 0 Å². The van der Waals surface area contributed by atoms with Crippen LogP contribution in [0.4, 0.5) is 5.69 Å². The van der Waals surface area contributed by atoms with Crippen molar-refractivity contribution >= 4 is 17.4 Å². The first kappa shape index (κ1) is 15.3. The Hall–Kier alpha value is -2.62. The molecule has 0 bridgehead atoms. The number of rotatable bonds is 4. The summed E-state index contributed by atoms with van der Waals surface area (Å²) in [6, 6.07) is 19.8. The molecule has 118 valence electrons. The van der Waals surface area contributed by atoms with Crippen molar-refractivity contribution in [2.45, 2.75) is 19.4 Å². The molecule has 2 aromatic rings. The molecule has 0 aliphatic carbocycles. The number of carbonyl (C=O) groups is 1. The number of anilines is 1. The fraction of sp³-hybridized carbons (Fsp3) is 0.263. The first-order valence-corrected chi connectivity index (χ1v) is 8.04. The maximum atomic E-state index is 13.0. The zero-order chi connectivity index (χ0) is 15.9. The van der Waals surface area contributed by atoms with Crippen molar-refractivity contribution in [2.75, 3.05) is 18.0 Å². The molecule has 1 heterocycles. The highest BCUT2D eigenvalue weighted by Crippen LogP contribution is 2.17. The molecule has 0 aromatic heterocycles. The third-order valence-electron chi connectivity index (χ3n) is 3.85. The molecule has 2 aromatic carbocycles. The molecule has 0 unspecified atom stereocenters. The van der Waals surface area contributed by atoms with E-state index in [4.69, 9.17) is 0 Å². The van der Waals surface area contributed by atoms with Crippen molar-refractivity contribution in [1.82, 2.24) is 5.32 Å². The number of amides is 1. The molecular weight excluding hydrogens is 286 g/mol. The average molecular weight is 307 g/mol. The Kier molecular flexibility index (Phi) is 5.04. The van der Waals surface area contributed by atoms with Gasteiger partial charge in [-0.2, -0.15) is 0 Å². The monoisotopic (exact) mass is 307 g/mol. The summed E-state index contributed by atoms with van der Waals surface area (Å²) in [6.45, 7) is 2.05. The van der Waals surface area contributed by atoms with Gasteiger partial charge in [-0.15, -0.1) is 0 Å². The number of para-hydroxylation sites is 1. The van der Waals surface area contributed by atoms with E-state index < -0.39 is 0 Å². The van der Waals surface area contributed by atoms with Crippen molar-refractivity contribution in [3.8, 4) is 0 Å². The maximum Gasteiger partial charge on any atom is 0.293 e. The van der Waals surface area contributed by atoms with E-state index in [0.717, 1.165) is 30.6 Å². The molecule has 23 heavy (non-hydrogen) atoms. The fourth-order valence-electron chi connectivity index (χ4n) is 2.62. The number of carbonyl (C=O) groups excluding carboxylic acids is 1. The SMILES string of the molecule is O=C(C1=NCCCCN1)N(Cc1ccccc1)c1ccccc1. The van der Waals surface area contributed by atoms with Crippen LogP contribution < -0.4 is 10.2 Å².